The Labute approximate surface area is 124 Å². The highest BCUT2D eigenvalue weighted by Gasteiger charge is 2.26. The fraction of sp³-hybridized carbons (Fsp3) is 0.167. The molecule has 2 aromatic heterocycles. The van der Waals surface area contributed by atoms with E-state index in [1.54, 1.807) is 31.7 Å². The van der Waals surface area contributed by atoms with Crippen LogP contribution in [0.1, 0.15) is 31.4 Å². The van der Waals surface area contributed by atoms with Gasteiger partial charge in [0.05, 0.1) is 0 Å². The van der Waals surface area contributed by atoms with E-state index in [4.69, 9.17) is 0 Å². The van der Waals surface area contributed by atoms with Crippen LogP contribution in [0.4, 0.5) is 0 Å². The number of allylic oxidation sites excluding steroid dienone is 4. The van der Waals surface area contributed by atoms with Gasteiger partial charge in [-0.15, -0.1) is 0 Å². The number of hydrogen-bond acceptors (Lipinski definition) is 3. The summed E-state index contributed by atoms with van der Waals surface area (Å²) in [5.41, 5.74) is 6.40. The van der Waals surface area contributed by atoms with Crippen molar-refractivity contribution in [2.75, 3.05) is 0 Å². The second-order valence-electron chi connectivity index (χ2n) is 5.16. The summed E-state index contributed by atoms with van der Waals surface area (Å²) in [6, 6.07) is 7.90. The molecule has 0 unspecified atom stereocenters. The number of rotatable bonds is 3. The predicted molar refractivity (Wildman–Crippen MR) is 83.3 cm³/mol. The Kier molecular flexibility index (Phi) is 3.48. The third kappa shape index (κ3) is 2.42. The van der Waals surface area contributed by atoms with E-state index in [1.165, 1.54) is 5.57 Å². The molecule has 0 fully saturated rings. The molecule has 0 N–H and O–H groups in total. The van der Waals surface area contributed by atoms with Gasteiger partial charge in [-0.3, -0.25) is 14.8 Å². The van der Waals surface area contributed by atoms with Gasteiger partial charge in [0.25, 0.3) is 0 Å². The summed E-state index contributed by atoms with van der Waals surface area (Å²) < 4.78 is 0. The average Bonchev–Trinajstić information content (AvgIpc) is 2.87. The van der Waals surface area contributed by atoms with Crippen molar-refractivity contribution in [2.24, 2.45) is 0 Å². The molecule has 21 heavy (non-hydrogen) atoms. The van der Waals surface area contributed by atoms with Crippen LogP contribution in [0.25, 0.3) is 11.1 Å². The van der Waals surface area contributed by atoms with Crippen molar-refractivity contribution in [1.29, 1.82) is 0 Å². The summed E-state index contributed by atoms with van der Waals surface area (Å²) in [5.74, 6) is 0.114. The molecule has 0 atom stereocenters. The Bertz CT molecular complexity index is 743. The Balaban J connectivity index is 2.10. The summed E-state index contributed by atoms with van der Waals surface area (Å²) in [6.07, 6.45) is 7.87. The van der Waals surface area contributed by atoms with E-state index >= 15 is 0 Å². The molecular weight excluding hydrogens is 260 g/mol. The maximum absolute atomic E-state index is 12.1. The molecule has 0 saturated heterocycles. The molecule has 0 amide bonds. The van der Waals surface area contributed by atoms with Gasteiger partial charge < -0.3 is 0 Å². The van der Waals surface area contributed by atoms with E-state index in [9.17, 15) is 4.79 Å². The fourth-order valence-corrected chi connectivity index (χ4v) is 2.92. The van der Waals surface area contributed by atoms with Crippen LogP contribution < -0.4 is 0 Å². The van der Waals surface area contributed by atoms with Gasteiger partial charge in [0.1, 0.15) is 0 Å². The lowest BCUT2D eigenvalue weighted by Gasteiger charge is -2.06. The summed E-state index contributed by atoms with van der Waals surface area (Å²) in [6.45, 7) is 3.66. The number of Topliss-reactive ketones (excluding diaryl/α,β-unsaturated/α-hetero) is 1. The zero-order valence-corrected chi connectivity index (χ0v) is 12.1. The highest BCUT2D eigenvalue weighted by atomic mass is 16.1. The fourth-order valence-electron chi connectivity index (χ4n) is 2.92. The van der Waals surface area contributed by atoms with Crippen LogP contribution in [0.3, 0.4) is 0 Å². The molecule has 3 heteroatoms. The van der Waals surface area contributed by atoms with Crippen molar-refractivity contribution >= 4 is 16.9 Å². The summed E-state index contributed by atoms with van der Waals surface area (Å²) in [4.78, 5) is 20.2. The second-order valence-corrected chi connectivity index (χ2v) is 5.16. The maximum atomic E-state index is 12.1. The number of hydrogen-bond donors (Lipinski definition) is 0. The smallest absolute Gasteiger partial charge is 0.160 e. The van der Waals surface area contributed by atoms with Gasteiger partial charge in [-0.05, 0) is 72.4 Å². The van der Waals surface area contributed by atoms with E-state index < -0.39 is 0 Å². The minimum absolute atomic E-state index is 0.114. The van der Waals surface area contributed by atoms with Crippen molar-refractivity contribution in [1.82, 2.24) is 9.97 Å². The Hall–Kier alpha value is -2.55. The molecule has 1 aliphatic rings. The lowest BCUT2D eigenvalue weighted by Crippen LogP contribution is -1.99. The predicted octanol–water partition coefficient (Wildman–Crippen LogP) is 3.70. The highest BCUT2D eigenvalue weighted by Crippen LogP contribution is 2.42. The van der Waals surface area contributed by atoms with Crippen molar-refractivity contribution in [3.63, 3.8) is 0 Å². The van der Waals surface area contributed by atoms with Crippen LogP contribution in [0.5, 0.6) is 0 Å². The lowest BCUT2D eigenvalue weighted by atomic mass is 9.98. The van der Waals surface area contributed by atoms with Gasteiger partial charge in [-0.25, -0.2) is 0 Å². The first kappa shape index (κ1) is 13.4. The molecule has 3 rings (SSSR count). The number of pyridine rings is 2. The van der Waals surface area contributed by atoms with Gasteiger partial charge in [0.15, 0.2) is 5.78 Å². The van der Waals surface area contributed by atoms with E-state index in [0.29, 0.717) is 0 Å². The van der Waals surface area contributed by atoms with Crippen LogP contribution in [0.15, 0.2) is 60.2 Å². The van der Waals surface area contributed by atoms with Crippen LogP contribution in [0.2, 0.25) is 0 Å². The van der Waals surface area contributed by atoms with Gasteiger partial charge in [0, 0.05) is 30.4 Å². The molecule has 0 aliphatic heterocycles. The van der Waals surface area contributed by atoms with Gasteiger partial charge >= 0.3 is 0 Å². The normalized spacial score (nSPS) is 14.8. The average molecular weight is 276 g/mol. The largest absolute Gasteiger partial charge is 0.294 e. The number of ketones is 1. The van der Waals surface area contributed by atoms with E-state index in [2.05, 4.69) is 9.97 Å². The van der Waals surface area contributed by atoms with Crippen molar-refractivity contribution in [3.8, 4) is 0 Å². The second kappa shape index (κ2) is 5.44. The summed E-state index contributed by atoms with van der Waals surface area (Å²) >= 11 is 0. The molecule has 0 bridgehead atoms. The van der Waals surface area contributed by atoms with E-state index in [-0.39, 0.29) is 5.78 Å². The molecule has 1 aliphatic carbocycles. The molecule has 104 valence electrons. The van der Waals surface area contributed by atoms with Crippen LogP contribution in [-0.2, 0) is 4.79 Å². The zero-order chi connectivity index (χ0) is 14.8. The third-order valence-electron chi connectivity index (χ3n) is 3.89. The lowest BCUT2D eigenvalue weighted by molar-refractivity contribution is -0.113. The number of carbonyl (C=O) groups excluding carboxylic acids is 1. The number of carbonyl (C=O) groups is 1. The monoisotopic (exact) mass is 276 g/mol. The molecule has 2 heterocycles. The Morgan fingerprint density at radius 3 is 1.86 bits per heavy atom. The van der Waals surface area contributed by atoms with Gasteiger partial charge in [-0.1, -0.05) is 0 Å². The minimum atomic E-state index is 0.114. The SMILES string of the molecule is CC(=O)C1=C(c2ccncc2)CC(c2ccncc2)=C1C. The standard InChI is InChI=1S/C18H16N2O/c1-12-16(14-3-7-19-8-4-14)11-17(18(12)13(2)21)15-5-9-20-10-6-15/h3-10H,11H2,1-2H3. The zero-order valence-electron chi connectivity index (χ0n) is 12.1. The van der Waals surface area contributed by atoms with Crippen molar-refractivity contribution in [3.05, 3.63) is 71.3 Å². The quantitative estimate of drug-likeness (QED) is 0.858. The first-order valence-corrected chi connectivity index (χ1v) is 6.93. The van der Waals surface area contributed by atoms with E-state index in [0.717, 1.165) is 34.3 Å². The van der Waals surface area contributed by atoms with Crippen LogP contribution in [0, 0.1) is 0 Å². The Morgan fingerprint density at radius 2 is 1.38 bits per heavy atom. The van der Waals surface area contributed by atoms with Gasteiger partial charge in [-0.2, -0.15) is 0 Å². The summed E-state index contributed by atoms with van der Waals surface area (Å²) in [5, 5.41) is 0. The topological polar surface area (TPSA) is 42.9 Å². The molecule has 2 aromatic rings. The molecule has 0 saturated carbocycles. The minimum Gasteiger partial charge on any atom is -0.294 e. The van der Waals surface area contributed by atoms with Crippen molar-refractivity contribution in [2.45, 2.75) is 20.3 Å². The number of nitrogens with zero attached hydrogens (tertiary/aromatic N) is 2. The Morgan fingerprint density at radius 1 is 0.905 bits per heavy atom. The molecular formula is C18H16N2O. The molecule has 0 radical (unpaired) electrons. The maximum Gasteiger partial charge on any atom is 0.160 e. The van der Waals surface area contributed by atoms with Gasteiger partial charge in [0.2, 0.25) is 0 Å². The molecule has 0 aromatic carbocycles. The molecule has 0 spiro atoms. The van der Waals surface area contributed by atoms with Crippen LogP contribution in [-0.4, -0.2) is 15.8 Å². The summed E-state index contributed by atoms with van der Waals surface area (Å²) in [7, 11) is 0. The van der Waals surface area contributed by atoms with Crippen LogP contribution >= 0.6 is 0 Å². The van der Waals surface area contributed by atoms with E-state index in [1.807, 2.05) is 31.2 Å². The highest BCUT2D eigenvalue weighted by molar-refractivity contribution is 6.11. The molecule has 3 nitrogen and oxygen atoms in total. The number of aromatic nitrogens is 2. The third-order valence-corrected chi connectivity index (χ3v) is 3.89. The van der Waals surface area contributed by atoms with Crippen molar-refractivity contribution < 1.29 is 4.79 Å². The first-order valence-electron chi connectivity index (χ1n) is 6.93. The first-order chi connectivity index (χ1) is 10.2.